The summed E-state index contributed by atoms with van der Waals surface area (Å²) in [6.07, 6.45) is 0.353. The summed E-state index contributed by atoms with van der Waals surface area (Å²) in [5.41, 5.74) is 0. The molecule has 1 aliphatic heterocycles. The molecule has 7 heteroatoms. The number of aliphatic imine (C=N–C) groups is 1. The molecule has 2 rings (SSSR count). The van der Waals surface area contributed by atoms with E-state index in [9.17, 15) is 13.2 Å². The van der Waals surface area contributed by atoms with Crippen molar-refractivity contribution in [2.45, 2.75) is 44.8 Å². The van der Waals surface area contributed by atoms with E-state index >= 15 is 0 Å². The molecule has 1 aliphatic carbocycles. The third kappa shape index (κ3) is 6.54. The van der Waals surface area contributed by atoms with Crippen molar-refractivity contribution in [3.05, 3.63) is 0 Å². The molecule has 1 saturated carbocycles. The van der Waals surface area contributed by atoms with Crippen LogP contribution in [0.1, 0.15) is 32.6 Å². The number of guanidine groups is 1. The third-order valence-corrected chi connectivity index (χ3v) is 3.86. The first kappa shape index (κ1) is 16.4. The summed E-state index contributed by atoms with van der Waals surface area (Å²) < 4.78 is 37.1. The van der Waals surface area contributed by atoms with E-state index in [4.69, 9.17) is 0 Å². The predicted molar refractivity (Wildman–Crippen MR) is 77.4 cm³/mol. The quantitative estimate of drug-likeness (QED) is 0.582. The van der Waals surface area contributed by atoms with Crippen molar-refractivity contribution in [3.8, 4) is 0 Å². The van der Waals surface area contributed by atoms with Crippen LogP contribution in [0, 0.1) is 5.92 Å². The van der Waals surface area contributed by atoms with Gasteiger partial charge in [-0.25, -0.2) is 0 Å². The molecule has 0 aromatic carbocycles. The van der Waals surface area contributed by atoms with E-state index in [-0.39, 0.29) is 6.04 Å². The van der Waals surface area contributed by atoms with E-state index in [1.807, 2.05) is 6.92 Å². The largest absolute Gasteiger partial charge is 0.401 e. The Morgan fingerprint density at radius 1 is 1.29 bits per heavy atom. The lowest BCUT2D eigenvalue weighted by molar-refractivity contribution is -0.143. The van der Waals surface area contributed by atoms with Gasteiger partial charge in [0.15, 0.2) is 5.96 Å². The highest BCUT2D eigenvalue weighted by Crippen LogP contribution is 2.32. The molecule has 1 heterocycles. The first-order chi connectivity index (χ1) is 9.96. The van der Waals surface area contributed by atoms with Gasteiger partial charge in [-0.15, -0.1) is 0 Å². The maximum Gasteiger partial charge on any atom is 0.401 e. The Labute approximate surface area is 124 Å². The second-order valence-electron chi connectivity index (χ2n) is 5.97. The maximum atomic E-state index is 12.4. The van der Waals surface area contributed by atoms with Gasteiger partial charge < -0.3 is 10.6 Å². The predicted octanol–water partition coefficient (Wildman–Crippen LogP) is 1.98. The van der Waals surface area contributed by atoms with Crippen LogP contribution in [-0.4, -0.2) is 55.8 Å². The van der Waals surface area contributed by atoms with Gasteiger partial charge in [-0.3, -0.25) is 9.89 Å². The Kier molecular flexibility index (Phi) is 5.72. The van der Waals surface area contributed by atoms with Crippen LogP contribution in [-0.2, 0) is 0 Å². The first-order valence-electron chi connectivity index (χ1n) is 7.80. The molecule has 0 bridgehead atoms. The van der Waals surface area contributed by atoms with Gasteiger partial charge in [0.1, 0.15) is 0 Å². The molecule has 0 spiro atoms. The van der Waals surface area contributed by atoms with Crippen molar-refractivity contribution >= 4 is 5.96 Å². The van der Waals surface area contributed by atoms with Gasteiger partial charge >= 0.3 is 6.18 Å². The van der Waals surface area contributed by atoms with Gasteiger partial charge in [0.2, 0.25) is 0 Å². The molecule has 4 nitrogen and oxygen atoms in total. The van der Waals surface area contributed by atoms with Crippen LogP contribution in [0.4, 0.5) is 13.2 Å². The summed E-state index contributed by atoms with van der Waals surface area (Å²) in [6.45, 7) is 3.63. The molecule has 2 fully saturated rings. The molecule has 0 aromatic rings. The minimum atomic E-state index is -4.11. The molecular weight excluding hydrogens is 281 g/mol. The average Bonchev–Trinajstić information content (AvgIpc) is 3.09. The number of nitrogens with zero attached hydrogens (tertiary/aromatic N) is 2. The van der Waals surface area contributed by atoms with Gasteiger partial charge in [0.05, 0.1) is 6.54 Å². The van der Waals surface area contributed by atoms with E-state index in [1.54, 1.807) is 0 Å². The van der Waals surface area contributed by atoms with E-state index in [0.717, 1.165) is 37.8 Å². The fraction of sp³-hybridized carbons (Fsp3) is 0.929. The fourth-order valence-electron chi connectivity index (χ4n) is 2.63. The fourth-order valence-corrected chi connectivity index (χ4v) is 2.63. The lowest BCUT2D eigenvalue weighted by Gasteiger charge is -2.19. The summed E-state index contributed by atoms with van der Waals surface area (Å²) in [4.78, 5) is 5.96. The van der Waals surface area contributed by atoms with Gasteiger partial charge in [0.25, 0.3) is 0 Å². The molecule has 122 valence electrons. The Morgan fingerprint density at radius 2 is 2.05 bits per heavy atom. The minimum Gasteiger partial charge on any atom is -0.357 e. The number of hydrogen-bond acceptors (Lipinski definition) is 2. The number of rotatable bonds is 6. The molecule has 2 aliphatic rings. The van der Waals surface area contributed by atoms with Crippen LogP contribution in [0.25, 0.3) is 0 Å². The van der Waals surface area contributed by atoms with E-state index in [2.05, 4.69) is 15.6 Å². The van der Waals surface area contributed by atoms with Crippen LogP contribution >= 0.6 is 0 Å². The summed E-state index contributed by atoms with van der Waals surface area (Å²) in [5.74, 6) is 1.57. The van der Waals surface area contributed by atoms with Crippen LogP contribution in [0.5, 0.6) is 0 Å². The second-order valence-corrected chi connectivity index (χ2v) is 5.97. The van der Waals surface area contributed by atoms with E-state index in [0.29, 0.717) is 13.1 Å². The van der Waals surface area contributed by atoms with Gasteiger partial charge in [0, 0.05) is 32.2 Å². The maximum absolute atomic E-state index is 12.4. The Balaban J connectivity index is 1.74. The van der Waals surface area contributed by atoms with Crippen molar-refractivity contribution in [2.24, 2.45) is 10.9 Å². The van der Waals surface area contributed by atoms with Crippen molar-refractivity contribution in [3.63, 3.8) is 0 Å². The molecule has 0 aromatic heterocycles. The van der Waals surface area contributed by atoms with Gasteiger partial charge in [-0.2, -0.15) is 13.2 Å². The summed E-state index contributed by atoms with van der Waals surface area (Å²) in [5, 5.41) is 6.42. The average molecular weight is 306 g/mol. The first-order valence-corrected chi connectivity index (χ1v) is 7.80. The van der Waals surface area contributed by atoms with Crippen LogP contribution in [0.2, 0.25) is 0 Å². The number of hydrogen-bond donors (Lipinski definition) is 2. The van der Waals surface area contributed by atoms with E-state index in [1.165, 1.54) is 17.7 Å². The zero-order chi connectivity index (χ0) is 15.3. The summed E-state index contributed by atoms with van der Waals surface area (Å²) in [7, 11) is 0. The molecule has 0 amide bonds. The molecular formula is C14H25F3N4. The monoisotopic (exact) mass is 306 g/mol. The molecule has 1 saturated heterocycles. The molecule has 21 heavy (non-hydrogen) atoms. The van der Waals surface area contributed by atoms with Crippen LogP contribution < -0.4 is 10.6 Å². The molecule has 0 radical (unpaired) electrons. The normalized spacial score (nSPS) is 24.4. The van der Waals surface area contributed by atoms with Gasteiger partial charge in [-0.1, -0.05) is 12.8 Å². The van der Waals surface area contributed by atoms with E-state index < -0.39 is 12.7 Å². The zero-order valence-electron chi connectivity index (χ0n) is 12.5. The lowest BCUT2D eigenvalue weighted by Crippen LogP contribution is -2.45. The van der Waals surface area contributed by atoms with Crippen molar-refractivity contribution in [2.75, 3.05) is 32.7 Å². The molecule has 2 N–H and O–H groups in total. The Hall–Kier alpha value is -0.980. The highest BCUT2D eigenvalue weighted by Gasteiger charge is 2.34. The third-order valence-electron chi connectivity index (χ3n) is 3.86. The Bertz CT molecular complexity index is 353. The topological polar surface area (TPSA) is 39.7 Å². The lowest BCUT2D eigenvalue weighted by atomic mass is 10.3. The minimum absolute atomic E-state index is 0.0473. The SMILES string of the molecule is CCNC(=NCCC1CC1)NC1CCN(CC(F)(F)F)C1. The second kappa shape index (κ2) is 7.33. The highest BCUT2D eigenvalue weighted by atomic mass is 19.4. The number of nitrogens with one attached hydrogen (secondary N) is 2. The summed E-state index contributed by atoms with van der Waals surface area (Å²) >= 11 is 0. The molecule has 1 unspecified atom stereocenters. The smallest absolute Gasteiger partial charge is 0.357 e. The zero-order valence-corrected chi connectivity index (χ0v) is 12.5. The summed E-state index contributed by atoms with van der Waals surface area (Å²) in [6, 6.07) is 0.0473. The van der Waals surface area contributed by atoms with Crippen molar-refractivity contribution < 1.29 is 13.2 Å². The highest BCUT2D eigenvalue weighted by molar-refractivity contribution is 5.80. The van der Waals surface area contributed by atoms with Crippen LogP contribution in [0.3, 0.4) is 0 Å². The van der Waals surface area contributed by atoms with Gasteiger partial charge in [-0.05, 0) is 25.7 Å². The molecule has 1 atom stereocenters. The Morgan fingerprint density at radius 3 is 2.67 bits per heavy atom. The number of halogens is 3. The van der Waals surface area contributed by atoms with Crippen LogP contribution in [0.15, 0.2) is 4.99 Å². The van der Waals surface area contributed by atoms with Crippen molar-refractivity contribution in [1.29, 1.82) is 0 Å². The standard InChI is InChI=1S/C14H25F3N4/c1-2-18-13(19-7-5-11-3-4-11)20-12-6-8-21(9-12)10-14(15,16)17/h11-12H,2-10H2,1H3,(H2,18,19,20). The number of likely N-dealkylation sites (tertiary alicyclic amines) is 1. The number of alkyl halides is 3. The van der Waals surface area contributed by atoms with Crippen molar-refractivity contribution in [1.82, 2.24) is 15.5 Å².